The fraction of sp³-hybridized carbons (Fsp3) is 0.556. The number of likely N-dealkylation sites (tertiary alicyclic amines) is 1. The van der Waals surface area contributed by atoms with Crippen molar-refractivity contribution >= 4 is 32.7 Å². The summed E-state index contributed by atoms with van der Waals surface area (Å²) in [7, 11) is 0. The van der Waals surface area contributed by atoms with Crippen LogP contribution in [0.5, 0.6) is 11.5 Å². The third kappa shape index (κ3) is 2.41. The molecule has 0 bridgehead atoms. The van der Waals surface area contributed by atoms with Gasteiger partial charge in [0.15, 0.2) is 16.6 Å². The Morgan fingerprint density at radius 3 is 3.04 bits per heavy atom. The fourth-order valence-corrected chi connectivity index (χ4v) is 5.44. The lowest BCUT2D eigenvalue weighted by Crippen LogP contribution is -2.54. The van der Waals surface area contributed by atoms with E-state index in [0.29, 0.717) is 17.5 Å². The molecule has 142 valence electrons. The number of thiazole rings is 1. The van der Waals surface area contributed by atoms with E-state index in [1.54, 1.807) is 0 Å². The lowest BCUT2D eigenvalue weighted by molar-refractivity contribution is -0.0646. The Morgan fingerprint density at radius 1 is 1.26 bits per heavy atom. The number of amides is 2. The van der Waals surface area contributed by atoms with Gasteiger partial charge in [-0.15, -0.1) is 0 Å². The van der Waals surface area contributed by atoms with E-state index < -0.39 is 0 Å². The number of hydrogen-bond donors (Lipinski definition) is 1. The van der Waals surface area contributed by atoms with Gasteiger partial charge in [0.1, 0.15) is 5.52 Å². The van der Waals surface area contributed by atoms with Gasteiger partial charge in [0.25, 0.3) is 0 Å². The van der Waals surface area contributed by atoms with E-state index in [1.807, 2.05) is 17.0 Å². The molecule has 2 atom stereocenters. The maximum absolute atomic E-state index is 12.8. The summed E-state index contributed by atoms with van der Waals surface area (Å²) in [5.74, 6) is 1.40. The summed E-state index contributed by atoms with van der Waals surface area (Å²) in [4.78, 5) is 21.9. The quantitative estimate of drug-likeness (QED) is 0.845. The normalized spacial score (nSPS) is 28.1. The van der Waals surface area contributed by atoms with Crippen LogP contribution < -0.4 is 19.7 Å². The van der Waals surface area contributed by atoms with E-state index in [9.17, 15) is 4.79 Å². The summed E-state index contributed by atoms with van der Waals surface area (Å²) in [5, 5.41) is 3.90. The largest absolute Gasteiger partial charge is 0.454 e. The van der Waals surface area contributed by atoms with Crippen LogP contribution in [-0.2, 0) is 4.74 Å². The molecule has 0 spiro atoms. The number of rotatable bonds is 2. The number of nitrogens with one attached hydrogen (secondary N) is 1. The number of aromatic nitrogens is 1. The first-order valence-corrected chi connectivity index (χ1v) is 10.2. The zero-order valence-corrected chi connectivity index (χ0v) is 15.5. The zero-order valence-electron chi connectivity index (χ0n) is 14.7. The zero-order chi connectivity index (χ0) is 18.0. The minimum Gasteiger partial charge on any atom is -0.454 e. The van der Waals surface area contributed by atoms with Crippen molar-refractivity contribution in [1.29, 1.82) is 0 Å². The van der Waals surface area contributed by atoms with E-state index in [4.69, 9.17) is 19.2 Å². The molecule has 3 saturated heterocycles. The Hall–Kier alpha value is -2.10. The highest BCUT2D eigenvalue weighted by molar-refractivity contribution is 7.22. The first kappa shape index (κ1) is 15.9. The number of benzene rings is 1. The Kier molecular flexibility index (Phi) is 3.51. The molecule has 27 heavy (non-hydrogen) atoms. The number of carbonyl (C=O) groups excluding carboxylic acids is 1. The first-order valence-electron chi connectivity index (χ1n) is 9.38. The second-order valence-electron chi connectivity index (χ2n) is 7.46. The van der Waals surface area contributed by atoms with Gasteiger partial charge in [0, 0.05) is 6.54 Å². The number of nitrogens with zero attached hydrogens (tertiary/aromatic N) is 3. The van der Waals surface area contributed by atoms with Crippen molar-refractivity contribution in [3.05, 3.63) is 12.1 Å². The maximum atomic E-state index is 12.8. The van der Waals surface area contributed by atoms with Crippen LogP contribution in [0.25, 0.3) is 10.2 Å². The number of ether oxygens (including phenoxy) is 3. The summed E-state index contributed by atoms with van der Waals surface area (Å²) in [6, 6.07) is 4.58. The second-order valence-corrected chi connectivity index (χ2v) is 8.47. The lowest BCUT2D eigenvalue weighted by Gasteiger charge is -2.38. The van der Waals surface area contributed by atoms with Crippen molar-refractivity contribution in [2.45, 2.75) is 31.0 Å². The van der Waals surface area contributed by atoms with Crippen molar-refractivity contribution in [1.82, 2.24) is 15.2 Å². The van der Waals surface area contributed by atoms with Crippen molar-refractivity contribution in [2.24, 2.45) is 0 Å². The van der Waals surface area contributed by atoms with E-state index in [1.165, 1.54) is 11.3 Å². The number of carbonyl (C=O) groups is 1. The fourth-order valence-electron chi connectivity index (χ4n) is 4.42. The van der Waals surface area contributed by atoms with E-state index in [-0.39, 0.29) is 24.9 Å². The van der Waals surface area contributed by atoms with Crippen LogP contribution in [0.15, 0.2) is 12.1 Å². The molecule has 2 aromatic rings. The van der Waals surface area contributed by atoms with Gasteiger partial charge < -0.3 is 19.5 Å². The SMILES string of the molecule is O=C1NC2CCCN(C3COC3)CC2N1c1nc2c3c(ccc2s1)OCO3. The molecule has 1 aromatic carbocycles. The van der Waals surface area contributed by atoms with Crippen LogP contribution in [-0.4, -0.2) is 67.1 Å². The number of urea groups is 1. The van der Waals surface area contributed by atoms with Gasteiger partial charge in [-0.05, 0) is 31.5 Å². The van der Waals surface area contributed by atoms with Crippen LogP contribution in [0, 0.1) is 0 Å². The maximum Gasteiger partial charge on any atom is 0.324 e. The van der Waals surface area contributed by atoms with Crippen LogP contribution in [0.4, 0.5) is 9.93 Å². The van der Waals surface area contributed by atoms with Crippen molar-refractivity contribution in [2.75, 3.05) is 38.0 Å². The molecule has 1 N–H and O–H groups in total. The van der Waals surface area contributed by atoms with Crippen molar-refractivity contribution in [3.8, 4) is 11.5 Å². The summed E-state index contributed by atoms with van der Waals surface area (Å²) in [5.41, 5.74) is 0.777. The molecule has 4 aliphatic rings. The summed E-state index contributed by atoms with van der Waals surface area (Å²) in [6.07, 6.45) is 2.08. The number of anilines is 1. The molecule has 2 unspecified atom stereocenters. The topological polar surface area (TPSA) is 76.2 Å². The monoisotopic (exact) mass is 388 g/mol. The predicted molar refractivity (Wildman–Crippen MR) is 99.7 cm³/mol. The van der Waals surface area contributed by atoms with Gasteiger partial charge in [-0.2, -0.15) is 0 Å². The molecule has 0 saturated carbocycles. The highest BCUT2D eigenvalue weighted by Crippen LogP contribution is 2.43. The molecule has 2 amide bonds. The predicted octanol–water partition coefficient (Wildman–Crippen LogP) is 1.79. The number of hydrogen-bond acceptors (Lipinski definition) is 7. The van der Waals surface area contributed by atoms with Gasteiger partial charge in [-0.25, -0.2) is 9.78 Å². The molecule has 9 heteroatoms. The Morgan fingerprint density at radius 2 is 2.19 bits per heavy atom. The Labute approximate surface area is 160 Å². The first-order chi connectivity index (χ1) is 13.3. The van der Waals surface area contributed by atoms with Gasteiger partial charge in [-0.1, -0.05) is 11.3 Å². The summed E-state index contributed by atoms with van der Waals surface area (Å²) in [6.45, 7) is 3.72. The van der Waals surface area contributed by atoms with Gasteiger partial charge >= 0.3 is 6.03 Å². The molecule has 1 aromatic heterocycles. The highest BCUT2D eigenvalue weighted by Gasteiger charge is 2.45. The third-order valence-corrected chi connectivity index (χ3v) is 6.95. The van der Waals surface area contributed by atoms with E-state index >= 15 is 0 Å². The Bertz CT molecular complexity index is 914. The standard InChI is InChI=1S/C18H20N4O4S/c23-17-19-11-2-1-5-21(10-7-24-8-10)6-12(11)22(17)18-20-15-14(27-18)4-3-13-16(15)26-9-25-13/h3-4,10-12H,1-2,5-9H2,(H,19,23). The molecular weight excluding hydrogens is 368 g/mol. The average molecular weight is 388 g/mol. The van der Waals surface area contributed by atoms with Crippen LogP contribution in [0.2, 0.25) is 0 Å². The van der Waals surface area contributed by atoms with Crippen LogP contribution in [0.1, 0.15) is 12.8 Å². The average Bonchev–Trinajstić information content (AvgIpc) is 3.27. The molecule has 3 fully saturated rings. The third-order valence-electron chi connectivity index (χ3n) is 5.93. The van der Waals surface area contributed by atoms with Gasteiger partial charge in [0.2, 0.25) is 6.79 Å². The second kappa shape index (κ2) is 5.95. The summed E-state index contributed by atoms with van der Waals surface area (Å²) >= 11 is 1.53. The van der Waals surface area contributed by atoms with E-state index in [0.717, 1.165) is 54.5 Å². The molecule has 8 nitrogen and oxygen atoms in total. The van der Waals surface area contributed by atoms with E-state index in [2.05, 4.69) is 10.2 Å². The van der Waals surface area contributed by atoms with Crippen LogP contribution >= 0.6 is 11.3 Å². The molecular formula is C18H20N4O4S. The number of fused-ring (bicyclic) bond motifs is 4. The molecule has 6 rings (SSSR count). The lowest BCUT2D eigenvalue weighted by atomic mass is 10.1. The Balaban J connectivity index is 1.37. The van der Waals surface area contributed by atoms with Crippen molar-refractivity contribution in [3.63, 3.8) is 0 Å². The molecule has 5 heterocycles. The molecule has 0 radical (unpaired) electrons. The minimum absolute atomic E-state index is 0.0513. The minimum atomic E-state index is -0.0513. The van der Waals surface area contributed by atoms with Gasteiger partial charge in [0.05, 0.1) is 36.0 Å². The molecule has 0 aliphatic carbocycles. The van der Waals surface area contributed by atoms with Crippen LogP contribution in [0.3, 0.4) is 0 Å². The highest BCUT2D eigenvalue weighted by atomic mass is 32.1. The molecule has 4 aliphatic heterocycles. The van der Waals surface area contributed by atoms with Gasteiger partial charge in [-0.3, -0.25) is 9.80 Å². The van der Waals surface area contributed by atoms with Crippen molar-refractivity contribution < 1.29 is 19.0 Å². The summed E-state index contributed by atoms with van der Waals surface area (Å²) < 4.78 is 17.4. The smallest absolute Gasteiger partial charge is 0.324 e.